The number of carbonyl (C=O) groups excluding carboxylic acids is 1. The van der Waals surface area contributed by atoms with Gasteiger partial charge in [0.2, 0.25) is 0 Å². The summed E-state index contributed by atoms with van der Waals surface area (Å²) in [7, 11) is 3.20. The summed E-state index contributed by atoms with van der Waals surface area (Å²) in [5.74, 6) is 1.28. The van der Waals surface area contributed by atoms with Crippen LogP contribution >= 0.6 is 35.6 Å². The van der Waals surface area contributed by atoms with Gasteiger partial charge >= 0.3 is 0 Å². The topological polar surface area (TPSA) is 38.8 Å². The van der Waals surface area contributed by atoms with Crippen molar-refractivity contribution < 1.29 is 14.3 Å². The largest absolute Gasteiger partial charge is 0.493 e. The Kier molecular flexibility index (Phi) is 6.42. The van der Waals surface area contributed by atoms with E-state index in [1.807, 2.05) is 36.4 Å². The van der Waals surface area contributed by atoms with Crippen molar-refractivity contribution in [2.45, 2.75) is 6.42 Å². The summed E-state index contributed by atoms with van der Waals surface area (Å²) in [6.45, 7) is 0.512. The molecule has 3 rings (SSSR count). The van der Waals surface area contributed by atoms with Crippen molar-refractivity contribution in [1.29, 1.82) is 0 Å². The van der Waals surface area contributed by atoms with Crippen LogP contribution in [0.25, 0.3) is 6.08 Å². The van der Waals surface area contributed by atoms with Crippen LogP contribution in [0, 0.1) is 0 Å². The van der Waals surface area contributed by atoms with Gasteiger partial charge in [0.05, 0.1) is 19.1 Å². The molecule has 0 saturated carbocycles. The molecule has 0 aliphatic carbocycles. The zero-order chi connectivity index (χ0) is 19.4. The minimum Gasteiger partial charge on any atom is -0.493 e. The fraction of sp³-hybridized carbons (Fsp3) is 0.200. The van der Waals surface area contributed by atoms with Gasteiger partial charge in [-0.15, -0.1) is 0 Å². The van der Waals surface area contributed by atoms with E-state index in [2.05, 4.69) is 0 Å². The molecule has 1 aliphatic rings. The maximum Gasteiger partial charge on any atom is 0.266 e. The Labute approximate surface area is 173 Å². The van der Waals surface area contributed by atoms with E-state index < -0.39 is 0 Å². The average Bonchev–Trinajstić information content (AvgIpc) is 2.94. The summed E-state index contributed by atoms with van der Waals surface area (Å²) >= 11 is 12.6. The summed E-state index contributed by atoms with van der Waals surface area (Å²) in [6, 6.07) is 13.1. The molecule has 140 valence electrons. The summed E-state index contributed by atoms with van der Waals surface area (Å²) in [6.07, 6.45) is 2.51. The molecule has 0 N–H and O–H groups in total. The normalized spacial score (nSPS) is 15.5. The fourth-order valence-electron chi connectivity index (χ4n) is 2.68. The molecular weight excluding hydrogens is 402 g/mol. The third-order valence-corrected chi connectivity index (χ3v) is 5.74. The van der Waals surface area contributed by atoms with Gasteiger partial charge in [-0.25, -0.2) is 0 Å². The number of rotatable bonds is 6. The van der Waals surface area contributed by atoms with E-state index in [4.69, 9.17) is 33.3 Å². The second-order valence-electron chi connectivity index (χ2n) is 5.82. The van der Waals surface area contributed by atoms with Crippen molar-refractivity contribution in [2.75, 3.05) is 20.8 Å². The van der Waals surface area contributed by atoms with Crippen molar-refractivity contribution in [3.8, 4) is 11.5 Å². The number of amides is 1. The van der Waals surface area contributed by atoms with Gasteiger partial charge in [0.25, 0.3) is 5.91 Å². The van der Waals surface area contributed by atoms with E-state index in [1.54, 1.807) is 31.3 Å². The van der Waals surface area contributed by atoms with Gasteiger partial charge < -0.3 is 9.47 Å². The Hall–Kier alpha value is -2.02. The number of ether oxygens (including phenoxy) is 2. The smallest absolute Gasteiger partial charge is 0.266 e. The highest BCUT2D eigenvalue weighted by molar-refractivity contribution is 8.26. The monoisotopic (exact) mass is 419 g/mol. The first kappa shape index (κ1) is 19.7. The van der Waals surface area contributed by atoms with Crippen LogP contribution in [0.5, 0.6) is 11.5 Å². The molecule has 0 atom stereocenters. The number of thioether (sulfide) groups is 1. The first-order valence-corrected chi connectivity index (χ1v) is 9.84. The van der Waals surface area contributed by atoms with E-state index >= 15 is 0 Å². The Bertz CT molecular complexity index is 897. The van der Waals surface area contributed by atoms with Gasteiger partial charge in [-0.05, 0) is 47.9 Å². The predicted octanol–water partition coefficient (Wildman–Crippen LogP) is 4.80. The molecule has 1 heterocycles. The number of thiocarbonyl (C=S) groups is 1. The zero-order valence-corrected chi connectivity index (χ0v) is 17.3. The number of benzene rings is 2. The Morgan fingerprint density at radius 3 is 2.48 bits per heavy atom. The second-order valence-corrected chi connectivity index (χ2v) is 7.94. The van der Waals surface area contributed by atoms with Crippen molar-refractivity contribution in [3.63, 3.8) is 0 Å². The summed E-state index contributed by atoms with van der Waals surface area (Å²) in [4.78, 5) is 15.0. The highest BCUT2D eigenvalue weighted by Crippen LogP contribution is 2.33. The van der Waals surface area contributed by atoms with E-state index in [1.165, 1.54) is 11.8 Å². The lowest BCUT2D eigenvalue weighted by Crippen LogP contribution is -2.30. The Morgan fingerprint density at radius 2 is 1.81 bits per heavy atom. The molecule has 7 heteroatoms. The summed E-state index contributed by atoms with van der Waals surface area (Å²) < 4.78 is 11.2. The molecule has 0 bridgehead atoms. The van der Waals surface area contributed by atoms with E-state index in [0.717, 1.165) is 11.1 Å². The van der Waals surface area contributed by atoms with Crippen LogP contribution in [0.15, 0.2) is 47.4 Å². The van der Waals surface area contributed by atoms with Gasteiger partial charge in [-0.1, -0.05) is 53.8 Å². The van der Waals surface area contributed by atoms with Gasteiger partial charge in [-0.2, -0.15) is 0 Å². The van der Waals surface area contributed by atoms with E-state index in [0.29, 0.717) is 38.7 Å². The third-order valence-electron chi connectivity index (χ3n) is 4.11. The Balaban J connectivity index is 1.70. The minimum atomic E-state index is -0.0690. The molecule has 0 spiro atoms. The molecular formula is C20H18ClNO3S2. The zero-order valence-electron chi connectivity index (χ0n) is 14.9. The third kappa shape index (κ3) is 4.64. The lowest BCUT2D eigenvalue weighted by molar-refractivity contribution is -0.122. The van der Waals surface area contributed by atoms with Crippen LogP contribution in [0.4, 0.5) is 0 Å². The average molecular weight is 420 g/mol. The summed E-state index contributed by atoms with van der Waals surface area (Å²) in [5.41, 5.74) is 1.96. The lowest BCUT2D eigenvalue weighted by atomic mass is 10.1. The van der Waals surface area contributed by atoms with Crippen LogP contribution in [-0.2, 0) is 11.2 Å². The second kappa shape index (κ2) is 8.78. The number of halogens is 1. The van der Waals surface area contributed by atoms with Crippen molar-refractivity contribution >= 4 is 51.9 Å². The number of hydrogen-bond acceptors (Lipinski definition) is 5. The predicted molar refractivity (Wildman–Crippen MR) is 115 cm³/mol. The molecule has 2 aromatic rings. The molecule has 0 radical (unpaired) electrons. The molecule has 1 amide bonds. The Morgan fingerprint density at radius 1 is 1.11 bits per heavy atom. The fourth-order valence-corrected chi connectivity index (χ4v) is 4.11. The SMILES string of the molecule is COc1ccc(CCN2C(=O)/C(=C/c3ccc(Cl)cc3)SC2=S)cc1OC. The highest BCUT2D eigenvalue weighted by Gasteiger charge is 2.31. The summed E-state index contributed by atoms with van der Waals surface area (Å²) in [5, 5.41) is 0.662. The van der Waals surface area contributed by atoms with Gasteiger partial charge in [0.1, 0.15) is 4.32 Å². The van der Waals surface area contributed by atoms with Crippen molar-refractivity contribution in [1.82, 2.24) is 4.90 Å². The van der Waals surface area contributed by atoms with Gasteiger partial charge in [-0.3, -0.25) is 9.69 Å². The van der Waals surface area contributed by atoms with Crippen LogP contribution in [0.1, 0.15) is 11.1 Å². The van der Waals surface area contributed by atoms with Crippen LogP contribution < -0.4 is 9.47 Å². The number of nitrogens with zero attached hydrogens (tertiary/aromatic N) is 1. The molecule has 1 aliphatic heterocycles. The van der Waals surface area contributed by atoms with Crippen LogP contribution in [-0.4, -0.2) is 35.9 Å². The first-order chi connectivity index (χ1) is 13.0. The number of methoxy groups -OCH3 is 2. The highest BCUT2D eigenvalue weighted by atomic mass is 35.5. The maximum absolute atomic E-state index is 12.7. The molecule has 1 fully saturated rings. The molecule has 2 aromatic carbocycles. The molecule has 1 saturated heterocycles. The maximum atomic E-state index is 12.7. The number of hydrogen-bond donors (Lipinski definition) is 0. The van der Waals surface area contributed by atoms with E-state index in [-0.39, 0.29) is 5.91 Å². The minimum absolute atomic E-state index is 0.0690. The molecule has 0 unspecified atom stereocenters. The van der Waals surface area contributed by atoms with Crippen molar-refractivity contribution in [2.24, 2.45) is 0 Å². The lowest BCUT2D eigenvalue weighted by Gasteiger charge is -2.15. The van der Waals surface area contributed by atoms with E-state index in [9.17, 15) is 4.79 Å². The van der Waals surface area contributed by atoms with Gasteiger partial charge in [0, 0.05) is 11.6 Å². The molecule has 4 nitrogen and oxygen atoms in total. The molecule has 27 heavy (non-hydrogen) atoms. The molecule has 0 aromatic heterocycles. The first-order valence-electron chi connectivity index (χ1n) is 8.23. The van der Waals surface area contributed by atoms with Crippen molar-refractivity contribution in [3.05, 3.63) is 63.5 Å². The van der Waals surface area contributed by atoms with Crippen LogP contribution in [0.2, 0.25) is 5.02 Å². The number of carbonyl (C=O) groups is 1. The standard InChI is InChI=1S/C20H18ClNO3S2/c1-24-16-8-5-14(11-17(16)25-2)9-10-22-19(23)18(27-20(22)26)12-13-3-6-15(21)7-4-13/h3-8,11-12H,9-10H2,1-2H3/b18-12-. The quantitative estimate of drug-likeness (QED) is 0.496. The van der Waals surface area contributed by atoms with Crippen LogP contribution in [0.3, 0.4) is 0 Å². The van der Waals surface area contributed by atoms with Gasteiger partial charge in [0.15, 0.2) is 11.5 Å².